The van der Waals surface area contributed by atoms with Crippen LogP contribution in [0.4, 0.5) is 0 Å². The first kappa shape index (κ1) is 13.3. The Labute approximate surface area is 145 Å². The molecular formula is C24H16O. The van der Waals surface area contributed by atoms with Gasteiger partial charge in [0, 0.05) is 11.3 Å². The van der Waals surface area contributed by atoms with Crippen LogP contribution in [-0.2, 0) is 0 Å². The fraction of sp³-hybridized carbons (Fsp3) is 0.0833. The summed E-state index contributed by atoms with van der Waals surface area (Å²) in [7, 11) is 0. The third-order valence-electron chi connectivity index (χ3n) is 5.58. The second-order valence-electron chi connectivity index (χ2n) is 6.90. The van der Waals surface area contributed by atoms with Crippen LogP contribution in [0, 0.1) is 0 Å². The first-order chi connectivity index (χ1) is 12.4. The minimum atomic E-state index is 0.0931. The molecule has 2 unspecified atom stereocenters. The van der Waals surface area contributed by atoms with Crippen LogP contribution in [0.25, 0.3) is 32.3 Å². The molecule has 25 heavy (non-hydrogen) atoms. The van der Waals surface area contributed by atoms with Gasteiger partial charge in [0.15, 0.2) is 0 Å². The van der Waals surface area contributed by atoms with E-state index in [0.29, 0.717) is 0 Å². The molecule has 0 amide bonds. The molecule has 2 atom stereocenters. The number of hydrogen-bond acceptors (Lipinski definition) is 1. The Morgan fingerprint density at radius 2 is 1.56 bits per heavy atom. The molecule has 0 spiro atoms. The van der Waals surface area contributed by atoms with Gasteiger partial charge in [0.05, 0.1) is 0 Å². The van der Waals surface area contributed by atoms with Crippen LogP contribution in [0.1, 0.15) is 11.5 Å². The van der Waals surface area contributed by atoms with Crippen LogP contribution >= 0.6 is 0 Å². The van der Waals surface area contributed by atoms with E-state index >= 15 is 0 Å². The van der Waals surface area contributed by atoms with Crippen molar-refractivity contribution in [2.45, 2.75) is 12.0 Å². The highest BCUT2D eigenvalue weighted by atomic mass is 16.5. The Balaban J connectivity index is 1.83. The van der Waals surface area contributed by atoms with E-state index in [9.17, 15) is 0 Å². The van der Waals surface area contributed by atoms with Crippen molar-refractivity contribution in [1.29, 1.82) is 0 Å². The highest BCUT2D eigenvalue weighted by molar-refractivity contribution is 6.19. The molecule has 2 aliphatic rings. The number of benzene rings is 4. The van der Waals surface area contributed by atoms with Crippen molar-refractivity contribution in [3.8, 4) is 5.75 Å². The van der Waals surface area contributed by atoms with Crippen LogP contribution in [0.3, 0.4) is 0 Å². The predicted molar refractivity (Wildman–Crippen MR) is 104 cm³/mol. The maximum Gasteiger partial charge on any atom is 0.128 e. The fourth-order valence-electron chi connectivity index (χ4n) is 4.45. The maximum atomic E-state index is 6.31. The van der Waals surface area contributed by atoms with Crippen LogP contribution in [0.15, 0.2) is 85.0 Å². The van der Waals surface area contributed by atoms with E-state index in [-0.39, 0.29) is 12.0 Å². The normalized spacial score (nSPS) is 20.8. The van der Waals surface area contributed by atoms with E-state index < -0.39 is 0 Å². The molecule has 1 aliphatic heterocycles. The van der Waals surface area contributed by atoms with Crippen molar-refractivity contribution in [1.82, 2.24) is 0 Å². The molecule has 0 radical (unpaired) electrons. The van der Waals surface area contributed by atoms with Crippen LogP contribution in [-0.4, -0.2) is 6.10 Å². The summed E-state index contributed by atoms with van der Waals surface area (Å²) < 4.78 is 6.31. The number of allylic oxidation sites excluding steroid dienone is 2. The Morgan fingerprint density at radius 1 is 0.680 bits per heavy atom. The number of ether oxygens (including phenoxy) is 1. The lowest BCUT2D eigenvalue weighted by atomic mass is 9.82. The monoisotopic (exact) mass is 320 g/mol. The molecule has 0 N–H and O–H groups in total. The molecule has 1 nitrogen and oxygen atoms in total. The lowest BCUT2D eigenvalue weighted by molar-refractivity contribution is 0.227. The summed E-state index contributed by atoms with van der Waals surface area (Å²) in [6.45, 7) is 0. The zero-order valence-electron chi connectivity index (χ0n) is 13.6. The average molecular weight is 320 g/mol. The van der Waals surface area contributed by atoms with Gasteiger partial charge in [-0.2, -0.15) is 0 Å². The lowest BCUT2D eigenvalue weighted by Crippen LogP contribution is -2.27. The van der Waals surface area contributed by atoms with Crippen LogP contribution in [0.2, 0.25) is 0 Å². The van der Waals surface area contributed by atoms with Gasteiger partial charge in [0.25, 0.3) is 0 Å². The molecule has 0 saturated heterocycles. The fourth-order valence-corrected chi connectivity index (χ4v) is 4.45. The predicted octanol–water partition coefficient (Wildman–Crippen LogP) is 6.12. The quantitative estimate of drug-likeness (QED) is 0.355. The van der Waals surface area contributed by atoms with Crippen molar-refractivity contribution < 1.29 is 4.74 Å². The second-order valence-corrected chi connectivity index (χ2v) is 6.90. The molecule has 1 aliphatic carbocycles. The van der Waals surface area contributed by atoms with Crippen molar-refractivity contribution in [3.05, 3.63) is 90.5 Å². The Morgan fingerprint density at radius 3 is 2.56 bits per heavy atom. The van der Waals surface area contributed by atoms with Crippen molar-refractivity contribution in [2.75, 3.05) is 0 Å². The second kappa shape index (κ2) is 4.73. The van der Waals surface area contributed by atoms with E-state index in [1.165, 1.54) is 37.9 Å². The molecular weight excluding hydrogens is 304 g/mol. The van der Waals surface area contributed by atoms with E-state index in [2.05, 4.69) is 85.0 Å². The van der Waals surface area contributed by atoms with Gasteiger partial charge in [-0.3, -0.25) is 0 Å². The summed E-state index contributed by atoms with van der Waals surface area (Å²) in [6, 6.07) is 22.0. The Bertz CT molecular complexity index is 1230. The van der Waals surface area contributed by atoms with E-state index in [0.717, 1.165) is 5.75 Å². The van der Waals surface area contributed by atoms with Crippen molar-refractivity contribution in [2.24, 2.45) is 0 Å². The van der Waals surface area contributed by atoms with Gasteiger partial charge in [0.2, 0.25) is 0 Å². The molecule has 0 aromatic heterocycles. The molecule has 0 fully saturated rings. The number of rotatable bonds is 0. The Hall–Kier alpha value is -3.06. The molecule has 118 valence electrons. The zero-order valence-corrected chi connectivity index (χ0v) is 13.6. The van der Waals surface area contributed by atoms with Gasteiger partial charge in [0.1, 0.15) is 11.9 Å². The summed E-state index contributed by atoms with van der Waals surface area (Å²) in [5.41, 5.74) is 1.38. The summed E-state index contributed by atoms with van der Waals surface area (Å²) in [5, 5.41) is 7.81. The first-order valence-electron chi connectivity index (χ1n) is 8.79. The van der Waals surface area contributed by atoms with Crippen molar-refractivity contribution in [3.63, 3.8) is 0 Å². The van der Waals surface area contributed by atoms with Crippen LogP contribution in [0.5, 0.6) is 5.75 Å². The van der Waals surface area contributed by atoms with Gasteiger partial charge in [-0.15, -0.1) is 0 Å². The van der Waals surface area contributed by atoms with Crippen molar-refractivity contribution >= 4 is 32.3 Å². The highest BCUT2D eigenvalue weighted by Gasteiger charge is 2.30. The summed E-state index contributed by atoms with van der Waals surface area (Å²) in [4.78, 5) is 0. The molecule has 1 heterocycles. The average Bonchev–Trinajstić information content (AvgIpc) is 2.68. The molecule has 1 heteroatoms. The zero-order chi connectivity index (χ0) is 16.4. The van der Waals surface area contributed by atoms with Gasteiger partial charge < -0.3 is 4.74 Å². The van der Waals surface area contributed by atoms with Crippen LogP contribution < -0.4 is 4.74 Å². The molecule has 6 rings (SSSR count). The van der Waals surface area contributed by atoms with E-state index in [1.54, 1.807) is 0 Å². The van der Waals surface area contributed by atoms with Gasteiger partial charge in [-0.1, -0.05) is 66.8 Å². The first-order valence-corrected chi connectivity index (χ1v) is 8.79. The minimum Gasteiger partial charge on any atom is -0.485 e. The molecule has 0 saturated carbocycles. The standard InChI is InChI=1S/C24H16O/c1-2-7-16-15(6-1)12-13-17-19-9-5-11-23-24(19)21(14-20(16)17)18-8-3-4-10-22(18)25-23/h1-14,18,22H. The van der Waals surface area contributed by atoms with Gasteiger partial charge in [-0.05, 0) is 50.7 Å². The third-order valence-corrected chi connectivity index (χ3v) is 5.58. The molecule has 4 aromatic carbocycles. The smallest absolute Gasteiger partial charge is 0.128 e. The summed E-state index contributed by atoms with van der Waals surface area (Å²) in [5.74, 6) is 1.29. The van der Waals surface area contributed by atoms with E-state index in [1.807, 2.05) is 0 Å². The van der Waals surface area contributed by atoms with E-state index in [4.69, 9.17) is 4.74 Å². The molecule has 0 bridgehead atoms. The van der Waals surface area contributed by atoms with Gasteiger partial charge >= 0.3 is 0 Å². The largest absolute Gasteiger partial charge is 0.485 e. The minimum absolute atomic E-state index is 0.0931. The number of fused-ring (bicyclic) bond motifs is 6. The lowest BCUT2D eigenvalue weighted by Gasteiger charge is -2.32. The summed E-state index contributed by atoms with van der Waals surface area (Å²) >= 11 is 0. The maximum absolute atomic E-state index is 6.31. The topological polar surface area (TPSA) is 9.23 Å². The number of hydrogen-bond donors (Lipinski definition) is 0. The summed E-state index contributed by atoms with van der Waals surface area (Å²) in [6.07, 6.45) is 8.75. The van der Waals surface area contributed by atoms with Gasteiger partial charge in [-0.25, -0.2) is 0 Å². The SMILES string of the molecule is C1=CC2Oc3cccc4c3c(cc3c5ccccc5ccc43)C2C=C1. The highest BCUT2D eigenvalue weighted by Crippen LogP contribution is 2.46. The third kappa shape index (κ3) is 1.73. The molecule has 4 aromatic rings. The Kier molecular flexibility index (Phi) is 2.51.